The van der Waals surface area contributed by atoms with E-state index in [-0.39, 0.29) is 47.5 Å². The van der Waals surface area contributed by atoms with Crippen molar-refractivity contribution in [2.45, 2.75) is 65.0 Å². The molecule has 2 saturated carbocycles. The Morgan fingerprint density at radius 3 is 2.74 bits per heavy atom. The van der Waals surface area contributed by atoms with Crippen LogP contribution in [0.15, 0.2) is 24.3 Å². The number of carbonyl (C=O) groups is 2. The largest absolute Gasteiger partial charge is 0.392 e. The van der Waals surface area contributed by atoms with Gasteiger partial charge in [0.15, 0.2) is 0 Å². The average molecular weight is 473 g/mol. The second kappa shape index (κ2) is 10.7. The van der Waals surface area contributed by atoms with Gasteiger partial charge in [-0.2, -0.15) is 5.26 Å². The van der Waals surface area contributed by atoms with Gasteiger partial charge in [-0.3, -0.25) is 4.79 Å². The number of anilines is 1. The highest BCUT2D eigenvalue weighted by atomic mass is 19.1. The number of benzene rings is 1. The van der Waals surface area contributed by atoms with E-state index in [0.29, 0.717) is 12.2 Å². The van der Waals surface area contributed by atoms with Gasteiger partial charge in [0.2, 0.25) is 5.91 Å². The minimum absolute atomic E-state index is 0.00781. The second-order valence-electron chi connectivity index (χ2n) is 10.4. The third kappa shape index (κ3) is 5.52. The topological polar surface area (TPSA) is 105 Å². The zero-order chi connectivity index (χ0) is 25.0. The van der Waals surface area contributed by atoms with Crippen molar-refractivity contribution in [3.8, 4) is 6.07 Å². The molecule has 3 amide bonds. The van der Waals surface area contributed by atoms with Crippen LogP contribution in [-0.4, -0.2) is 47.7 Å². The van der Waals surface area contributed by atoms with Crippen LogP contribution in [0.2, 0.25) is 0 Å². The molecule has 0 radical (unpaired) electrons. The van der Waals surface area contributed by atoms with E-state index < -0.39 is 18.0 Å². The van der Waals surface area contributed by atoms with Crippen molar-refractivity contribution < 1.29 is 19.1 Å². The summed E-state index contributed by atoms with van der Waals surface area (Å²) in [4.78, 5) is 27.1. The minimum atomic E-state index is -0.659. The molecule has 0 heterocycles. The van der Waals surface area contributed by atoms with Crippen LogP contribution < -0.4 is 10.6 Å². The van der Waals surface area contributed by atoms with Crippen LogP contribution >= 0.6 is 0 Å². The fourth-order valence-corrected chi connectivity index (χ4v) is 6.26. The molecular weight excluding hydrogens is 435 g/mol. The van der Waals surface area contributed by atoms with Gasteiger partial charge in [0.25, 0.3) is 0 Å². The number of aliphatic hydroxyl groups excluding tert-OH is 1. The number of fused-ring (bicyclic) bond motifs is 1. The van der Waals surface area contributed by atoms with Gasteiger partial charge in [0.05, 0.1) is 18.6 Å². The summed E-state index contributed by atoms with van der Waals surface area (Å²) in [5.74, 6) is -1.03. The lowest BCUT2D eigenvalue weighted by molar-refractivity contribution is -0.148. The SMILES string of the molecule is C[C@H]1[C@@H]2[C@@H](O)[C@@H]([C@H](C)C(=O)N(C)CCC#N)CC[C@@]2(C)CC[C@@H]1NC(=O)Nc1cccc(F)c1. The zero-order valence-corrected chi connectivity index (χ0v) is 20.6. The van der Waals surface area contributed by atoms with E-state index in [0.717, 1.165) is 25.7 Å². The van der Waals surface area contributed by atoms with Crippen molar-refractivity contribution in [1.29, 1.82) is 5.26 Å². The molecule has 0 saturated heterocycles. The maximum absolute atomic E-state index is 13.4. The Balaban J connectivity index is 1.68. The first-order chi connectivity index (χ1) is 16.1. The molecule has 8 heteroatoms. The molecule has 3 rings (SSSR count). The van der Waals surface area contributed by atoms with E-state index in [2.05, 4.69) is 30.6 Å². The number of nitrogens with one attached hydrogen (secondary N) is 2. The fourth-order valence-electron chi connectivity index (χ4n) is 6.26. The molecule has 1 aromatic rings. The summed E-state index contributed by atoms with van der Waals surface area (Å²) < 4.78 is 13.4. The number of urea groups is 1. The Morgan fingerprint density at radius 2 is 2.06 bits per heavy atom. The number of hydrogen-bond acceptors (Lipinski definition) is 4. The van der Waals surface area contributed by atoms with Crippen LogP contribution in [0.1, 0.15) is 52.9 Å². The Bertz CT molecular complexity index is 935. The van der Waals surface area contributed by atoms with Gasteiger partial charge in [-0.1, -0.05) is 26.8 Å². The third-order valence-electron chi connectivity index (χ3n) is 8.25. The molecular formula is C26H37FN4O3. The summed E-state index contributed by atoms with van der Waals surface area (Å²) in [6.07, 6.45) is 3.00. The smallest absolute Gasteiger partial charge is 0.319 e. The molecule has 0 aliphatic heterocycles. The maximum atomic E-state index is 13.4. The first kappa shape index (κ1) is 26.0. The highest BCUT2D eigenvalue weighted by Gasteiger charge is 2.54. The molecule has 2 fully saturated rings. The number of amides is 3. The highest BCUT2D eigenvalue weighted by molar-refractivity contribution is 5.89. The van der Waals surface area contributed by atoms with Gasteiger partial charge >= 0.3 is 6.03 Å². The van der Waals surface area contributed by atoms with Crippen LogP contribution in [-0.2, 0) is 4.79 Å². The van der Waals surface area contributed by atoms with Crippen LogP contribution in [0.25, 0.3) is 0 Å². The lowest BCUT2D eigenvalue weighted by atomic mass is 9.51. The Hall–Kier alpha value is -2.66. The van der Waals surface area contributed by atoms with E-state index in [1.807, 2.05) is 6.92 Å². The molecule has 7 nitrogen and oxygen atoms in total. The molecule has 2 aliphatic carbocycles. The Kier molecular flexibility index (Phi) is 8.19. The monoisotopic (exact) mass is 472 g/mol. The van der Waals surface area contributed by atoms with E-state index in [1.54, 1.807) is 24.1 Å². The van der Waals surface area contributed by atoms with Crippen LogP contribution in [0.5, 0.6) is 0 Å². The van der Waals surface area contributed by atoms with Crippen molar-refractivity contribution in [3.63, 3.8) is 0 Å². The standard InChI is InChI=1S/C26H37FN4O3/c1-16(24(33)31(4)14-6-13-28)20-9-11-26(3)12-10-21(17(2)22(26)23(20)32)30-25(34)29-19-8-5-7-18(27)15-19/h5,7-8,15-17,20-23,32H,6,9-12,14H2,1-4H3,(H2,29,30,34)/t16-,17+,20+,21-,22+,23-,26-/m0/s1. The van der Waals surface area contributed by atoms with E-state index in [9.17, 15) is 19.1 Å². The van der Waals surface area contributed by atoms with Crippen molar-refractivity contribution in [2.75, 3.05) is 18.9 Å². The molecule has 0 spiro atoms. The van der Waals surface area contributed by atoms with Crippen molar-refractivity contribution in [3.05, 3.63) is 30.1 Å². The van der Waals surface area contributed by atoms with Crippen molar-refractivity contribution in [1.82, 2.24) is 10.2 Å². The molecule has 1 aromatic carbocycles. The van der Waals surface area contributed by atoms with Crippen molar-refractivity contribution >= 4 is 17.6 Å². The molecule has 0 bridgehead atoms. The third-order valence-corrected chi connectivity index (χ3v) is 8.25. The minimum Gasteiger partial charge on any atom is -0.392 e. The van der Waals surface area contributed by atoms with Crippen LogP contribution in [0, 0.1) is 46.2 Å². The molecule has 2 aliphatic rings. The normalized spacial score (nSPS) is 31.5. The number of nitriles is 1. The molecule has 7 atom stereocenters. The average Bonchev–Trinajstić information content (AvgIpc) is 2.78. The first-order valence-corrected chi connectivity index (χ1v) is 12.2. The van der Waals surface area contributed by atoms with Gasteiger partial charge in [-0.05, 0) is 67.1 Å². The summed E-state index contributed by atoms with van der Waals surface area (Å²) in [5.41, 5.74) is 0.332. The zero-order valence-electron chi connectivity index (χ0n) is 20.6. The van der Waals surface area contributed by atoms with Gasteiger partial charge in [0, 0.05) is 31.2 Å². The fraction of sp³-hybridized carbons (Fsp3) is 0.654. The van der Waals surface area contributed by atoms with Gasteiger partial charge in [-0.15, -0.1) is 0 Å². The summed E-state index contributed by atoms with van der Waals surface area (Å²) in [6.45, 7) is 6.53. The second-order valence-corrected chi connectivity index (χ2v) is 10.4. The Labute approximate surface area is 201 Å². The number of hydrogen-bond donors (Lipinski definition) is 3. The van der Waals surface area contributed by atoms with Crippen molar-refractivity contribution in [2.24, 2.45) is 29.1 Å². The molecule has 3 N–H and O–H groups in total. The van der Waals surface area contributed by atoms with Gasteiger partial charge in [-0.25, -0.2) is 9.18 Å². The van der Waals surface area contributed by atoms with E-state index in [1.165, 1.54) is 12.1 Å². The molecule has 0 aromatic heterocycles. The number of rotatable bonds is 6. The number of halogens is 1. The van der Waals surface area contributed by atoms with E-state index in [4.69, 9.17) is 5.26 Å². The number of nitrogens with zero attached hydrogens (tertiary/aromatic N) is 2. The summed E-state index contributed by atoms with van der Waals surface area (Å²) in [5, 5.41) is 26.0. The molecule has 0 unspecified atom stereocenters. The summed E-state index contributed by atoms with van der Waals surface area (Å²) in [6, 6.07) is 7.30. The summed E-state index contributed by atoms with van der Waals surface area (Å²) >= 11 is 0. The lowest BCUT2D eigenvalue weighted by Crippen LogP contribution is -2.59. The quantitative estimate of drug-likeness (QED) is 0.578. The van der Waals surface area contributed by atoms with Crippen LogP contribution in [0.3, 0.4) is 0 Å². The van der Waals surface area contributed by atoms with E-state index >= 15 is 0 Å². The first-order valence-electron chi connectivity index (χ1n) is 12.2. The number of carbonyl (C=O) groups excluding carboxylic acids is 2. The number of aliphatic hydroxyl groups is 1. The lowest BCUT2D eigenvalue weighted by Gasteiger charge is -2.56. The molecule has 186 valence electrons. The maximum Gasteiger partial charge on any atom is 0.319 e. The highest BCUT2D eigenvalue weighted by Crippen LogP contribution is 2.55. The Morgan fingerprint density at radius 1 is 1.35 bits per heavy atom. The summed E-state index contributed by atoms with van der Waals surface area (Å²) in [7, 11) is 1.70. The molecule has 34 heavy (non-hydrogen) atoms. The van der Waals surface area contributed by atoms with Crippen LogP contribution in [0.4, 0.5) is 14.9 Å². The van der Waals surface area contributed by atoms with Gasteiger partial charge < -0.3 is 20.6 Å². The van der Waals surface area contributed by atoms with Gasteiger partial charge in [0.1, 0.15) is 5.82 Å². The predicted octanol–water partition coefficient (Wildman–Crippen LogP) is 4.15. The predicted molar refractivity (Wildman–Crippen MR) is 128 cm³/mol.